The van der Waals surface area contributed by atoms with E-state index in [1.54, 1.807) is 4.40 Å². The van der Waals surface area contributed by atoms with Gasteiger partial charge in [-0.3, -0.25) is 0 Å². The summed E-state index contributed by atoms with van der Waals surface area (Å²) in [5, 5.41) is 9.37. The van der Waals surface area contributed by atoms with E-state index in [9.17, 15) is 0 Å². The van der Waals surface area contributed by atoms with Crippen LogP contribution in [0.1, 0.15) is 5.69 Å². The average molecular weight is 262 g/mol. The lowest BCUT2D eigenvalue weighted by Crippen LogP contribution is -1.91. The number of nitrogens with zero attached hydrogens (tertiary/aromatic N) is 2. The van der Waals surface area contributed by atoms with Crippen LogP contribution in [-0.2, 0) is 6.61 Å². The molecule has 0 atom stereocenters. The number of aromatic nitrogens is 2. The van der Waals surface area contributed by atoms with Crippen molar-refractivity contribution in [3.8, 4) is 0 Å². The fraction of sp³-hybridized carbons (Fsp3) is 0.125. The lowest BCUT2D eigenvalue weighted by Gasteiger charge is -1.97. The number of fused-ring (bicyclic) bond motifs is 1. The Kier molecular flexibility index (Phi) is 2.27. The lowest BCUT2D eigenvalue weighted by atomic mass is 10.4. The van der Waals surface area contributed by atoms with E-state index in [4.69, 9.17) is 16.7 Å². The predicted molar refractivity (Wildman–Crippen MR) is 53.8 cm³/mol. The monoisotopic (exact) mass is 260 g/mol. The largest absolute Gasteiger partial charge is 0.390 e. The molecule has 0 aliphatic carbocycles. The van der Waals surface area contributed by atoms with E-state index >= 15 is 0 Å². The maximum Gasteiger partial charge on any atom is 0.153 e. The molecule has 0 radical (unpaired) electrons. The second-order valence-corrected chi connectivity index (χ2v) is 3.85. The molecule has 2 aromatic rings. The molecular weight excluding hydrogens is 255 g/mol. The second-order valence-electron chi connectivity index (χ2n) is 2.58. The highest BCUT2D eigenvalue weighted by atomic mass is 79.9. The maximum atomic E-state index is 9.02. The standard InChI is InChI=1S/C8H6BrClN2O/c9-5-1-2-12-6(4-13)8(10)11-7(12)3-5/h1-3,13H,4H2. The zero-order chi connectivity index (χ0) is 9.42. The van der Waals surface area contributed by atoms with E-state index in [-0.39, 0.29) is 6.61 Å². The van der Waals surface area contributed by atoms with Gasteiger partial charge < -0.3 is 9.51 Å². The number of rotatable bonds is 1. The maximum absolute atomic E-state index is 9.02. The van der Waals surface area contributed by atoms with Gasteiger partial charge in [0.2, 0.25) is 0 Å². The summed E-state index contributed by atoms with van der Waals surface area (Å²) in [5.74, 6) is 0. The molecule has 13 heavy (non-hydrogen) atoms. The van der Waals surface area contributed by atoms with Gasteiger partial charge in [0.15, 0.2) is 5.15 Å². The summed E-state index contributed by atoms with van der Waals surface area (Å²) in [4.78, 5) is 4.08. The Balaban J connectivity index is 2.79. The summed E-state index contributed by atoms with van der Waals surface area (Å²) < 4.78 is 2.69. The molecule has 0 aliphatic rings. The van der Waals surface area contributed by atoms with Crippen molar-refractivity contribution in [3.05, 3.63) is 33.6 Å². The second kappa shape index (κ2) is 3.29. The first-order chi connectivity index (χ1) is 6.22. The topological polar surface area (TPSA) is 37.5 Å². The van der Waals surface area contributed by atoms with Crippen molar-refractivity contribution >= 4 is 33.2 Å². The molecule has 68 valence electrons. The molecule has 0 spiro atoms. The van der Waals surface area contributed by atoms with Crippen molar-refractivity contribution in [2.24, 2.45) is 0 Å². The van der Waals surface area contributed by atoms with Gasteiger partial charge in [-0.25, -0.2) is 4.98 Å². The first-order valence-corrected chi connectivity index (χ1v) is 4.82. The summed E-state index contributed by atoms with van der Waals surface area (Å²) >= 11 is 9.14. The number of aliphatic hydroxyl groups excluding tert-OH is 1. The van der Waals surface area contributed by atoms with Crippen LogP contribution in [0.4, 0.5) is 0 Å². The van der Waals surface area contributed by atoms with Gasteiger partial charge in [0.25, 0.3) is 0 Å². The van der Waals surface area contributed by atoms with Crippen LogP contribution in [0.15, 0.2) is 22.8 Å². The Morgan fingerprint density at radius 2 is 2.38 bits per heavy atom. The van der Waals surface area contributed by atoms with Gasteiger partial charge >= 0.3 is 0 Å². The van der Waals surface area contributed by atoms with Crippen molar-refractivity contribution in [3.63, 3.8) is 0 Å². The first kappa shape index (κ1) is 8.99. The molecule has 0 unspecified atom stereocenters. The molecule has 0 saturated carbocycles. The summed E-state index contributed by atoms with van der Waals surface area (Å²) in [6.45, 7) is -0.109. The molecule has 0 saturated heterocycles. The Bertz CT molecular complexity index is 455. The van der Waals surface area contributed by atoms with E-state index in [2.05, 4.69) is 20.9 Å². The molecule has 0 fully saturated rings. The third kappa shape index (κ3) is 1.45. The Morgan fingerprint density at radius 3 is 3.08 bits per heavy atom. The molecule has 2 aromatic heterocycles. The van der Waals surface area contributed by atoms with Crippen molar-refractivity contribution < 1.29 is 5.11 Å². The van der Waals surface area contributed by atoms with Crippen LogP contribution in [0.2, 0.25) is 5.15 Å². The smallest absolute Gasteiger partial charge is 0.153 e. The predicted octanol–water partition coefficient (Wildman–Crippen LogP) is 2.24. The van der Waals surface area contributed by atoms with Crippen LogP contribution in [-0.4, -0.2) is 14.5 Å². The third-order valence-electron chi connectivity index (χ3n) is 1.79. The Labute approximate surface area is 88.1 Å². The van der Waals surface area contributed by atoms with Crippen LogP contribution in [0.25, 0.3) is 5.65 Å². The summed E-state index contributed by atoms with van der Waals surface area (Å²) in [6.07, 6.45) is 1.81. The number of halogens is 2. The van der Waals surface area contributed by atoms with Crippen LogP contribution in [0, 0.1) is 0 Å². The molecule has 5 heteroatoms. The minimum absolute atomic E-state index is 0.109. The molecule has 0 aromatic carbocycles. The normalized spacial score (nSPS) is 11.0. The molecule has 2 rings (SSSR count). The number of aliphatic hydroxyl groups is 1. The fourth-order valence-corrected chi connectivity index (χ4v) is 1.74. The minimum Gasteiger partial charge on any atom is -0.390 e. The van der Waals surface area contributed by atoms with Gasteiger partial charge in [0.1, 0.15) is 5.65 Å². The number of hydrogen-bond acceptors (Lipinski definition) is 2. The Morgan fingerprint density at radius 1 is 1.62 bits per heavy atom. The number of pyridine rings is 1. The highest BCUT2D eigenvalue weighted by Crippen LogP contribution is 2.20. The van der Waals surface area contributed by atoms with Gasteiger partial charge in [-0.15, -0.1) is 0 Å². The molecule has 0 amide bonds. The van der Waals surface area contributed by atoms with Crippen molar-refractivity contribution in [1.29, 1.82) is 0 Å². The molecule has 1 N–H and O–H groups in total. The quantitative estimate of drug-likeness (QED) is 0.855. The zero-order valence-corrected chi connectivity index (χ0v) is 8.88. The van der Waals surface area contributed by atoms with Crippen LogP contribution in [0.5, 0.6) is 0 Å². The highest BCUT2D eigenvalue weighted by molar-refractivity contribution is 9.10. The number of hydrogen-bond donors (Lipinski definition) is 1. The first-order valence-electron chi connectivity index (χ1n) is 3.65. The summed E-state index contributed by atoms with van der Waals surface area (Å²) in [7, 11) is 0. The van der Waals surface area contributed by atoms with Gasteiger partial charge in [0, 0.05) is 10.7 Å². The molecule has 0 bridgehead atoms. The van der Waals surface area contributed by atoms with Crippen molar-refractivity contribution in [2.75, 3.05) is 0 Å². The minimum atomic E-state index is -0.109. The fourth-order valence-electron chi connectivity index (χ4n) is 1.18. The highest BCUT2D eigenvalue weighted by Gasteiger charge is 2.08. The SMILES string of the molecule is OCc1c(Cl)nc2cc(Br)ccn12. The molecular formula is C8H6BrClN2O. The van der Waals surface area contributed by atoms with Gasteiger partial charge in [-0.1, -0.05) is 27.5 Å². The van der Waals surface area contributed by atoms with E-state index in [1.165, 1.54) is 0 Å². The van der Waals surface area contributed by atoms with Gasteiger partial charge in [-0.2, -0.15) is 0 Å². The van der Waals surface area contributed by atoms with Crippen LogP contribution >= 0.6 is 27.5 Å². The van der Waals surface area contributed by atoms with Crippen LogP contribution in [0.3, 0.4) is 0 Å². The average Bonchev–Trinajstić information content (AvgIpc) is 2.39. The van der Waals surface area contributed by atoms with Gasteiger partial charge in [-0.05, 0) is 12.1 Å². The number of imidazole rings is 1. The van der Waals surface area contributed by atoms with E-state index in [1.807, 2.05) is 18.3 Å². The van der Waals surface area contributed by atoms with Crippen LogP contribution < -0.4 is 0 Å². The zero-order valence-electron chi connectivity index (χ0n) is 6.54. The molecule has 3 nitrogen and oxygen atoms in total. The molecule has 2 heterocycles. The van der Waals surface area contributed by atoms with Gasteiger partial charge in [0.05, 0.1) is 12.3 Å². The van der Waals surface area contributed by atoms with Crippen molar-refractivity contribution in [2.45, 2.75) is 6.61 Å². The third-order valence-corrected chi connectivity index (χ3v) is 2.58. The lowest BCUT2D eigenvalue weighted by molar-refractivity contribution is 0.276. The van der Waals surface area contributed by atoms with Crippen molar-refractivity contribution in [1.82, 2.24) is 9.38 Å². The van der Waals surface area contributed by atoms with E-state index in [0.29, 0.717) is 10.8 Å². The Hall–Kier alpha value is -0.580. The van der Waals surface area contributed by atoms with E-state index in [0.717, 1.165) is 10.1 Å². The molecule has 0 aliphatic heterocycles. The summed E-state index contributed by atoms with van der Waals surface area (Å²) in [6, 6.07) is 3.70. The summed E-state index contributed by atoms with van der Waals surface area (Å²) in [5.41, 5.74) is 1.34. The van der Waals surface area contributed by atoms with E-state index < -0.39 is 0 Å².